The fourth-order valence-corrected chi connectivity index (χ4v) is 3.85. The van der Waals surface area contributed by atoms with Crippen molar-refractivity contribution in [2.24, 2.45) is 5.92 Å². The highest BCUT2D eigenvalue weighted by Gasteiger charge is 2.17. The molecule has 0 fully saturated rings. The molecule has 0 radical (unpaired) electrons. The van der Waals surface area contributed by atoms with Crippen LogP contribution in [0.5, 0.6) is 0 Å². The molecule has 29 heavy (non-hydrogen) atoms. The predicted octanol–water partition coefficient (Wildman–Crippen LogP) is 2.96. The summed E-state index contributed by atoms with van der Waals surface area (Å²) in [6.45, 7) is 5.90. The number of nitrogens with one attached hydrogen (secondary N) is 2. The second-order valence-electron chi connectivity index (χ2n) is 6.95. The Hall–Kier alpha value is -1.69. The Morgan fingerprint density at radius 2 is 1.86 bits per heavy atom. The first-order chi connectivity index (χ1) is 13.6. The number of hydrogen-bond acceptors (Lipinski definition) is 9. The zero-order chi connectivity index (χ0) is 21.6. The van der Waals surface area contributed by atoms with E-state index in [0.29, 0.717) is 22.5 Å². The maximum absolute atomic E-state index is 11.6. The van der Waals surface area contributed by atoms with Gasteiger partial charge in [-0.15, -0.1) is 0 Å². The molecule has 2 atom stereocenters. The van der Waals surface area contributed by atoms with E-state index < -0.39 is 10.0 Å². The SMILES string of the molecule is CC(C)C[C@H](CO)Nc1nc(NS(C)(=O)=O)nc(S[C@@H](C)c2ccc(Cl)cn2)n1. The Morgan fingerprint density at radius 1 is 1.17 bits per heavy atom. The first-order valence-corrected chi connectivity index (χ1v) is 12.1. The number of anilines is 2. The van der Waals surface area contributed by atoms with E-state index in [0.717, 1.165) is 11.9 Å². The zero-order valence-corrected chi connectivity index (χ0v) is 19.0. The third-order valence-electron chi connectivity index (χ3n) is 3.65. The van der Waals surface area contributed by atoms with Gasteiger partial charge in [-0.2, -0.15) is 15.0 Å². The summed E-state index contributed by atoms with van der Waals surface area (Å²) in [5, 5.41) is 13.4. The van der Waals surface area contributed by atoms with Crippen LogP contribution in [-0.4, -0.2) is 52.4 Å². The summed E-state index contributed by atoms with van der Waals surface area (Å²) < 4.78 is 25.5. The number of aliphatic hydroxyl groups excluding tert-OH is 1. The zero-order valence-electron chi connectivity index (χ0n) is 16.6. The van der Waals surface area contributed by atoms with Crippen molar-refractivity contribution in [2.45, 2.75) is 43.6 Å². The topological polar surface area (TPSA) is 130 Å². The van der Waals surface area contributed by atoms with Crippen LogP contribution in [0.1, 0.15) is 38.1 Å². The van der Waals surface area contributed by atoms with Crippen molar-refractivity contribution < 1.29 is 13.5 Å². The summed E-state index contributed by atoms with van der Waals surface area (Å²) in [4.78, 5) is 17.0. The third kappa shape index (κ3) is 8.29. The number of hydrogen-bond donors (Lipinski definition) is 3. The molecule has 2 aromatic heterocycles. The first kappa shape index (κ1) is 23.6. The molecule has 0 aromatic carbocycles. The molecular weight excluding hydrogens is 436 g/mol. The molecule has 2 heterocycles. The summed E-state index contributed by atoms with van der Waals surface area (Å²) in [6.07, 6.45) is 3.28. The number of rotatable bonds is 10. The smallest absolute Gasteiger partial charge is 0.242 e. The number of halogens is 1. The highest BCUT2D eigenvalue weighted by atomic mass is 35.5. The molecule has 2 aromatic rings. The number of aromatic nitrogens is 4. The lowest BCUT2D eigenvalue weighted by atomic mass is 10.0. The maximum atomic E-state index is 11.6. The van der Waals surface area contributed by atoms with Crippen molar-refractivity contribution in [1.82, 2.24) is 19.9 Å². The summed E-state index contributed by atoms with van der Waals surface area (Å²) in [5.41, 5.74) is 0.778. The Balaban J connectivity index is 2.29. The van der Waals surface area contributed by atoms with Crippen LogP contribution in [0.3, 0.4) is 0 Å². The van der Waals surface area contributed by atoms with Gasteiger partial charge >= 0.3 is 0 Å². The molecular formula is C17H25ClN6O3S2. The standard InChI is InChI=1S/C17H25ClN6O3S2/c1-10(2)7-13(9-25)20-15-21-16(24-29(4,26)27)23-17(22-15)28-11(3)14-6-5-12(18)8-19-14/h5-6,8,10-11,13,25H,7,9H2,1-4H3,(H2,20,21,22,23,24)/t11-,13+/m0/s1. The van der Waals surface area contributed by atoms with E-state index in [4.69, 9.17) is 11.6 Å². The van der Waals surface area contributed by atoms with Crippen LogP contribution in [0.4, 0.5) is 11.9 Å². The Morgan fingerprint density at radius 3 is 2.41 bits per heavy atom. The van der Waals surface area contributed by atoms with E-state index in [-0.39, 0.29) is 29.8 Å². The van der Waals surface area contributed by atoms with E-state index in [1.807, 2.05) is 20.8 Å². The molecule has 0 saturated heterocycles. The van der Waals surface area contributed by atoms with Crippen LogP contribution >= 0.6 is 23.4 Å². The average Bonchev–Trinajstić information content (AvgIpc) is 2.59. The first-order valence-electron chi connectivity index (χ1n) is 8.95. The monoisotopic (exact) mass is 460 g/mol. The van der Waals surface area contributed by atoms with E-state index in [1.54, 1.807) is 18.3 Å². The summed E-state index contributed by atoms with van der Waals surface area (Å²) in [6, 6.07) is 3.28. The van der Waals surface area contributed by atoms with Gasteiger partial charge in [-0.3, -0.25) is 9.71 Å². The molecule has 0 aliphatic rings. The predicted molar refractivity (Wildman–Crippen MR) is 116 cm³/mol. The largest absolute Gasteiger partial charge is 0.394 e. The van der Waals surface area contributed by atoms with Gasteiger partial charge in [0.1, 0.15) is 0 Å². The van der Waals surface area contributed by atoms with Crippen molar-refractivity contribution in [3.05, 3.63) is 29.0 Å². The summed E-state index contributed by atoms with van der Waals surface area (Å²) in [5.74, 6) is 0.439. The molecule has 12 heteroatoms. The van der Waals surface area contributed by atoms with Gasteiger partial charge < -0.3 is 10.4 Å². The molecule has 0 unspecified atom stereocenters. The number of aliphatic hydroxyl groups is 1. The highest BCUT2D eigenvalue weighted by Crippen LogP contribution is 2.32. The third-order valence-corrected chi connectivity index (χ3v) is 5.42. The van der Waals surface area contributed by atoms with Crippen molar-refractivity contribution in [3.8, 4) is 0 Å². The van der Waals surface area contributed by atoms with Crippen LogP contribution in [0.15, 0.2) is 23.5 Å². The van der Waals surface area contributed by atoms with E-state index in [2.05, 4.69) is 30.0 Å². The van der Waals surface area contributed by atoms with Crippen LogP contribution in [0.2, 0.25) is 5.02 Å². The van der Waals surface area contributed by atoms with Gasteiger partial charge in [0.15, 0.2) is 5.16 Å². The molecule has 0 amide bonds. The minimum absolute atomic E-state index is 0.0926. The number of sulfonamides is 1. The van der Waals surface area contributed by atoms with Crippen molar-refractivity contribution >= 4 is 45.3 Å². The summed E-state index contributed by atoms with van der Waals surface area (Å²) in [7, 11) is -3.57. The van der Waals surface area contributed by atoms with Gasteiger partial charge in [0, 0.05) is 6.20 Å². The Bertz CT molecular complexity index is 912. The molecule has 0 saturated carbocycles. The van der Waals surface area contributed by atoms with E-state index in [1.165, 1.54) is 11.8 Å². The van der Waals surface area contributed by atoms with Gasteiger partial charge in [-0.25, -0.2) is 8.42 Å². The van der Waals surface area contributed by atoms with Gasteiger partial charge in [0.2, 0.25) is 21.9 Å². The number of pyridine rings is 1. The van der Waals surface area contributed by atoms with Gasteiger partial charge in [0.05, 0.1) is 34.9 Å². The van der Waals surface area contributed by atoms with Crippen LogP contribution in [-0.2, 0) is 10.0 Å². The molecule has 0 aliphatic heterocycles. The molecule has 160 valence electrons. The van der Waals surface area contributed by atoms with E-state index in [9.17, 15) is 13.5 Å². The number of thioether (sulfide) groups is 1. The van der Waals surface area contributed by atoms with Crippen LogP contribution < -0.4 is 10.0 Å². The molecule has 0 bridgehead atoms. The molecule has 2 rings (SSSR count). The Kier molecular flexibility index (Phi) is 8.44. The minimum Gasteiger partial charge on any atom is -0.394 e. The lowest BCUT2D eigenvalue weighted by molar-refractivity contribution is 0.259. The molecule has 3 N–H and O–H groups in total. The van der Waals surface area contributed by atoms with Crippen LogP contribution in [0, 0.1) is 5.92 Å². The fraction of sp³-hybridized carbons (Fsp3) is 0.529. The Labute approximate surface area is 180 Å². The van der Waals surface area contributed by atoms with Gasteiger partial charge in [0.25, 0.3) is 0 Å². The van der Waals surface area contributed by atoms with Crippen molar-refractivity contribution in [1.29, 1.82) is 0 Å². The van der Waals surface area contributed by atoms with Crippen molar-refractivity contribution in [2.75, 3.05) is 22.9 Å². The molecule has 9 nitrogen and oxygen atoms in total. The number of nitrogens with zero attached hydrogens (tertiary/aromatic N) is 4. The second kappa shape index (κ2) is 10.4. The van der Waals surface area contributed by atoms with Gasteiger partial charge in [-0.1, -0.05) is 37.2 Å². The molecule has 0 aliphatic carbocycles. The fourth-order valence-electron chi connectivity index (χ4n) is 2.46. The highest BCUT2D eigenvalue weighted by molar-refractivity contribution is 7.99. The second-order valence-corrected chi connectivity index (χ2v) is 10.4. The van der Waals surface area contributed by atoms with Gasteiger partial charge in [-0.05, 0) is 31.4 Å². The lowest BCUT2D eigenvalue weighted by Crippen LogP contribution is -2.27. The van der Waals surface area contributed by atoms with Crippen LogP contribution in [0.25, 0.3) is 0 Å². The average molecular weight is 461 g/mol. The van der Waals surface area contributed by atoms with E-state index >= 15 is 0 Å². The molecule has 0 spiro atoms. The normalized spacial score (nSPS) is 13.9. The minimum atomic E-state index is -3.57. The maximum Gasteiger partial charge on any atom is 0.242 e. The van der Waals surface area contributed by atoms with Crippen molar-refractivity contribution in [3.63, 3.8) is 0 Å². The lowest BCUT2D eigenvalue weighted by Gasteiger charge is -2.19. The summed E-state index contributed by atoms with van der Waals surface area (Å²) >= 11 is 7.18. The quantitative estimate of drug-likeness (QED) is 0.458.